The molecule has 0 bridgehead atoms. The van der Waals surface area contributed by atoms with E-state index in [1.807, 2.05) is 49.4 Å². The number of methoxy groups -OCH3 is 2. The molecule has 4 rings (SSSR count). The summed E-state index contributed by atoms with van der Waals surface area (Å²) in [5.74, 6) is 1.80. The van der Waals surface area contributed by atoms with Gasteiger partial charge in [-0.25, -0.2) is 17.7 Å². The fourth-order valence-corrected chi connectivity index (χ4v) is 5.73. The topological polar surface area (TPSA) is 68.7 Å². The highest BCUT2D eigenvalue weighted by molar-refractivity contribution is 7.92. The second kappa shape index (κ2) is 7.89. The van der Waals surface area contributed by atoms with Crippen LogP contribution in [0.1, 0.15) is 23.6 Å². The van der Waals surface area contributed by atoms with E-state index >= 15 is 0 Å². The Hall–Kier alpha value is -3.06. The van der Waals surface area contributed by atoms with Crippen molar-refractivity contribution in [2.75, 3.05) is 25.1 Å². The van der Waals surface area contributed by atoms with Crippen molar-refractivity contribution in [3.63, 3.8) is 0 Å². The molecule has 0 amide bonds. The van der Waals surface area contributed by atoms with Gasteiger partial charge in [0.25, 0.3) is 10.0 Å². The Morgan fingerprint density at radius 1 is 1.03 bits per heavy atom. The number of pyridine rings is 1. The van der Waals surface area contributed by atoms with E-state index in [-0.39, 0.29) is 4.90 Å². The third-order valence-corrected chi connectivity index (χ3v) is 7.57. The van der Waals surface area contributed by atoms with Crippen molar-refractivity contribution >= 4 is 15.8 Å². The van der Waals surface area contributed by atoms with Crippen LogP contribution in [-0.4, -0.2) is 34.2 Å². The van der Waals surface area contributed by atoms with Crippen molar-refractivity contribution in [1.29, 1.82) is 0 Å². The van der Waals surface area contributed by atoms with Crippen LogP contribution < -0.4 is 13.8 Å². The molecule has 162 valence electrons. The molecule has 0 spiro atoms. The number of fused-ring (bicyclic) bond motifs is 1. The number of benzene rings is 2. The Balaban J connectivity index is 1.73. The van der Waals surface area contributed by atoms with Crippen molar-refractivity contribution in [3.8, 4) is 11.5 Å². The van der Waals surface area contributed by atoms with Crippen molar-refractivity contribution in [2.24, 2.45) is 0 Å². The second-order valence-electron chi connectivity index (χ2n) is 8.13. The molecule has 0 N–H and O–H groups in total. The summed E-state index contributed by atoms with van der Waals surface area (Å²) in [5, 5.41) is 0. The highest BCUT2D eigenvalue weighted by Gasteiger charge is 2.45. The van der Waals surface area contributed by atoms with E-state index in [2.05, 4.69) is 11.9 Å². The van der Waals surface area contributed by atoms with Crippen molar-refractivity contribution < 1.29 is 17.9 Å². The van der Waals surface area contributed by atoms with E-state index < -0.39 is 15.4 Å². The molecular weight excluding hydrogens is 412 g/mol. The third kappa shape index (κ3) is 3.74. The summed E-state index contributed by atoms with van der Waals surface area (Å²) >= 11 is 0. The predicted molar refractivity (Wildman–Crippen MR) is 121 cm³/mol. The predicted octanol–water partition coefficient (Wildman–Crippen LogP) is 4.12. The molecule has 3 aromatic rings. The molecule has 7 heteroatoms. The minimum absolute atomic E-state index is 0.269. The lowest BCUT2D eigenvalue weighted by molar-refractivity contribution is 0.354. The van der Waals surface area contributed by atoms with Gasteiger partial charge in [0.2, 0.25) is 0 Å². The first-order valence-electron chi connectivity index (χ1n) is 10.0. The average molecular weight is 439 g/mol. The van der Waals surface area contributed by atoms with Crippen LogP contribution in [0.2, 0.25) is 0 Å². The zero-order valence-corrected chi connectivity index (χ0v) is 18.9. The fraction of sp³-hybridized carbons (Fsp3) is 0.292. The maximum Gasteiger partial charge on any atom is 0.265 e. The summed E-state index contributed by atoms with van der Waals surface area (Å²) in [6.45, 7) is 4.32. The van der Waals surface area contributed by atoms with Crippen LogP contribution >= 0.6 is 0 Å². The molecule has 0 radical (unpaired) electrons. The summed E-state index contributed by atoms with van der Waals surface area (Å²) in [4.78, 5) is 4.72. The number of hydrogen-bond acceptors (Lipinski definition) is 5. The highest BCUT2D eigenvalue weighted by Crippen LogP contribution is 2.44. The molecule has 0 saturated carbocycles. The van der Waals surface area contributed by atoms with Crippen LogP contribution in [0.5, 0.6) is 11.5 Å². The Bertz CT molecular complexity index is 1210. The van der Waals surface area contributed by atoms with Gasteiger partial charge in [-0.1, -0.05) is 36.8 Å². The minimum Gasteiger partial charge on any atom is -0.493 e. The molecule has 0 saturated heterocycles. The van der Waals surface area contributed by atoms with Gasteiger partial charge in [-0.15, -0.1) is 0 Å². The zero-order valence-electron chi connectivity index (χ0n) is 18.1. The molecular formula is C24H26N2O4S. The number of ether oxygens (including phenoxy) is 2. The monoisotopic (exact) mass is 438 g/mol. The molecule has 6 nitrogen and oxygen atoms in total. The molecule has 1 aromatic heterocycles. The van der Waals surface area contributed by atoms with Crippen LogP contribution in [0.3, 0.4) is 0 Å². The van der Waals surface area contributed by atoms with Crippen LogP contribution in [0, 0.1) is 6.92 Å². The number of hydrogen-bond donors (Lipinski definition) is 0. The lowest BCUT2D eigenvalue weighted by Gasteiger charge is -2.26. The first-order chi connectivity index (χ1) is 14.8. The molecule has 0 unspecified atom stereocenters. The minimum atomic E-state index is -3.73. The summed E-state index contributed by atoms with van der Waals surface area (Å²) in [5.41, 5.74) is 2.52. The number of nitrogens with zero attached hydrogens (tertiary/aromatic N) is 2. The van der Waals surface area contributed by atoms with Gasteiger partial charge < -0.3 is 9.47 Å². The van der Waals surface area contributed by atoms with E-state index in [9.17, 15) is 8.42 Å². The quantitative estimate of drug-likeness (QED) is 0.579. The smallest absolute Gasteiger partial charge is 0.265 e. The number of sulfonamides is 1. The van der Waals surface area contributed by atoms with E-state index in [4.69, 9.17) is 9.47 Å². The third-order valence-electron chi connectivity index (χ3n) is 5.82. The van der Waals surface area contributed by atoms with Gasteiger partial charge >= 0.3 is 0 Å². The number of anilines is 1. The lowest BCUT2D eigenvalue weighted by Crippen LogP contribution is -2.36. The summed E-state index contributed by atoms with van der Waals surface area (Å²) in [6, 6.07) is 16.5. The van der Waals surface area contributed by atoms with E-state index in [0.29, 0.717) is 30.3 Å². The molecule has 2 aromatic carbocycles. The maximum atomic E-state index is 13.5. The van der Waals surface area contributed by atoms with Crippen molar-refractivity contribution in [3.05, 3.63) is 77.5 Å². The van der Waals surface area contributed by atoms with Gasteiger partial charge in [0, 0.05) is 23.7 Å². The SMILES string of the molecule is COc1ccc(C[C@]2(C)CN(S(=O)(=O)c3ccc(C)cc3)c3ncccc32)cc1OC. The molecule has 0 aliphatic carbocycles. The molecule has 31 heavy (non-hydrogen) atoms. The summed E-state index contributed by atoms with van der Waals surface area (Å²) < 4.78 is 39.2. The van der Waals surface area contributed by atoms with Crippen molar-refractivity contribution in [2.45, 2.75) is 30.6 Å². The molecule has 1 atom stereocenters. The average Bonchev–Trinajstić information content (AvgIpc) is 3.07. The van der Waals surface area contributed by atoms with E-state index in [1.54, 1.807) is 32.5 Å². The van der Waals surface area contributed by atoms with E-state index in [1.165, 1.54) is 4.31 Å². The van der Waals surface area contributed by atoms with Gasteiger partial charge in [0.05, 0.1) is 19.1 Å². The highest BCUT2D eigenvalue weighted by atomic mass is 32.2. The molecule has 1 aliphatic heterocycles. The Labute approximate surface area is 183 Å². The zero-order chi connectivity index (χ0) is 22.2. The maximum absolute atomic E-state index is 13.5. The second-order valence-corrected chi connectivity index (χ2v) is 9.99. The summed E-state index contributed by atoms with van der Waals surface area (Å²) in [6.07, 6.45) is 2.27. The standard InChI is InChI=1S/C24H26N2O4S/c1-17-7-10-19(11-8-17)31(27,28)26-16-24(2,20-6-5-13-25-23(20)26)15-18-9-12-21(29-3)22(14-18)30-4/h5-14H,15-16H2,1-4H3/t24-/m1/s1. The molecule has 1 aliphatic rings. The Morgan fingerprint density at radius 3 is 2.42 bits per heavy atom. The van der Waals surface area contributed by atoms with Crippen LogP contribution in [0.25, 0.3) is 0 Å². The molecule has 2 heterocycles. The van der Waals surface area contributed by atoms with Gasteiger partial charge in [-0.05, 0) is 49.2 Å². The normalized spacial score (nSPS) is 18.0. The summed E-state index contributed by atoms with van der Waals surface area (Å²) in [7, 11) is -0.522. The van der Waals surface area contributed by atoms with Gasteiger partial charge in [-0.3, -0.25) is 0 Å². The molecule has 0 fully saturated rings. The first-order valence-corrected chi connectivity index (χ1v) is 11.5. The van der Waals surface area contributed by atoms with Gasteiger partial charge in [-0.2, -0.15) is 0 Å². The Morgan fingerprint density at radius 2 is 1.74 bits per heavy atom. The number of rotatable bonds is 6. The van der Waals surface area contributed by atoms with Crippen LogP contribution in [0.4, 0.5) is 5.82 Å². The van der Waals surface area contributed by atoms with Crippen molar-refractivity contribution in [1.82, 2.24) is 4.98 Å². The van der Waals surface area contributed by atoms with Gasteiger partial charge in [0.1, 0.15) is 5.82 Å². The number of aromatic nitrogens is 1. The Kier molecular flexibility index (Phi) is 5.39. The van der Waals surface area contributed by atoms with Crippen LogP contribution in [0.15, 0.2) is 65.7 Å². The number of aryl methyl sites for hydroxylation is 1. The fourth-order valence-electron chi connectivity index (χ4n) is 4.17. The lowest BCUT2D eigenvalue weighted by atomic mass is 9.79. The first kappa shape index (κ1) is 21.2. The van der Waals surface area contributed by atoms with Gasteiger partial charge in [0.15, 0.2) is 11.5 Å². The van der Waals surface area contributed by atoms with Crippen LogP contribution in [-0.2, 0) is 21.9 Å². The van der Waals surface area contributed by atoms with E-state index in [0.717, 1.165) is 16.7 Å². The largest absolute Gasteiger partial charge is 0.493 e.